The normalized spacial score (nSPS) is 10.9. The molecule has 2 heterocycles. The van der Waals surface area contributed by atoms with Crippen LogP contribution >= 0.6 is 15.9 Å². The Kier molecular flexibility index (Phi) is 2.40. The molecule has 0 aliphatic carbocycles. The van der Waals surface area contributed by atoms with Crippen molar-refractivity contribution >= 4 is 26.8 Å². The van der Waals surface area contributed by atoms with Crippen LogP contribution < -0.4 is 0 Å². The molecular weight excluding hydrogens is 285 g/mol. The van der Waals surface area contributed by atoms with Gasteiger partial charge in [-0.1, -0.05) is 15.9 Å². The zero-order valence-electron chi connectivity index (χ0n) is 8.64. The molecular formula is C12H7BrFN3. The van der Waals surface area contributed by atoms with Crippen molar-refractivity contribution in [1.82, 2.24) is 14.5 Å². The third kappa shape index (κ3) is 1.72. The van der Waals surface area contributed by atoms with Crippen molar-refractivity contribution in [2.45, 2.75) is 0 Å². The van der Waals surface area contributed by atoms with Crippen LogP contribution in [0, 0.1) is 5.82 Å². The lowest BCUT2D eigenvalue weighted by Crippen LogP contribution is -1.97. The van der Waals surface area contributed by atoms with E-state index in [1.807, 2.05) is 12.1 Å². The van der Waals surface area contributed by atoms with Crippen LogP contribution in [0.4, 0.5) is 4.39 Å². The molecule has 0 saturated heterocycles. The van der Waals surface area contributed by atoms with E-state index >= 15 is 0 Å². The number of rotatable bonds is 1. The summed E-state index contributed by atoms with van der Waals surface area (Å²) in [6, 6.07) is 7.16. The van der Waals surface area contributed by atoms with Gasteiger partial charge in [0, 0.05) is 28.4 Å². The third-order valence-corrected chi connectivity index (χ3v) is 2.98. The largest absolute Gasteiger partial charge is 0.282 e. The van der Waals surface area contributed by atoms with E-state index < -0.39 is 0 Å². The molecule has 0 aliphatic rings. The molecule has 2 aromatic heterocycles. The maximum absolute atomic E-state index is 13.8. The van der Waals surface area contributed by atoms with Crippen molar-refractivity contribution < 1.29 is 4.39 Å². The van der Waals surface area contributed by atoms with E-state index in [2.05, 4.69) is 25.9 Å². The van der Waals surface area contributed by atoms with Gasteiger partial charge in [0.2, 0.25) is 5.95 Å². The van der Waals surface area contributed by atoms with Gasteiger partial charge in [0.15, 0.2) is 0 Å². The number of hydrogen-bond acceptors (Lipinski definition) is 2. The highest BCUT2D eigenvalue weighted by Gasteiger charge is 2.10. The van der Waals surface area contributed by atoms with Crippen LogP contribution in [-0.2, 0) is 0 Å². The van der Waals surface area contributed by atoms with Crippen LogP contribution in [-0.4, -0.2) is 14.5 Å². The summed E-state index contributed by atoms with van der Waals surface area (Å²) < 4.78 is 16.3. The van der Waals surface area contributed by atoms with E-state index in [0.29, 0.717) is 11.3 Å². The predicted molar refractivity (Wildman–Crippen MR) is 66.5 cm³/mol. The fourth-order valence-electron chi connectivity index (χ4n) is 1.74. The number of aromatic nitrogens is 3. The van der Waals surface area contributed by atoms with Crippen LogP contribution in [0.1, 0.15) is 0 Å². The van der Waals surface area contributed by atoms with Gasteiger partial charge in [-0.05, 0) is 24.3 Å². The van der Waals surface area contributed by atoms with Crippen LogP contribution in [0.3, 0.4) is 0 Å². The zero-order valence-corrected chi connectivity index (χ0v) is 10.2. The van der Waals surface area contributed by atoms with Gasteiger partial charge in [0.25, 0.3) is 0 Å². The highest BCUT2D eigenvalue weighted by Crippen LogP contribution is 2.25. The maximum atomic E-state index is 13.8. The molecule has 3 rings (SSSR count). The van der Waals surface area contributed by atoms with Gasteiger partial charge in [-0.3, -0.25) is 4.57 Å². The van der Waals surface area contributed by atoms with Gasteiger partial charge >= 0.3 is 0 Å². The molecule has 0 aliphatic heterocycles. The van der Waals surface area contributed by atoms with Gasteiger partial charge in [-0.15, -0.1) is 0 Å². The quantitative estimate of drug-likeness (QED) is 0.689. The first kappa shape index (κ1) is 10.4. The molecule has 1 aromatic carbocycles. The van der Waals surface area contributed by atoms with E-state index in [1.165, 1.54) is 6.20 Å². The van der Waals surface area contributed by atoms with Crippen molar-refractivity contribution in [3.63, 3.8) is 0 Å². The molecule has 0 unspecified atom stereocenters. The molecule has 0 radical (unpaired) electrons. The molecule has 0 saturated carbocycles. The minimum absolute atomic E-state index is 0.284. The second-order valence-electron chi connectivity index (χ2n) is 3.56. The summed E-state index contributed by atoms with van der Waals surface area (Å²) in [6.45, 7) is 0. The molecule has 0 atom stereocenters. The molecule has 3 aromatic rings. The Morgan fingerprint density at radius 3 is 2.71 bits per heavy atom. The van der Waals surface area contributed by atoms with Gasteiger partial charge < -0.3 is 0 Å². The fourth-order valence-corrected chi connectivity index (χ4v) is 2.10. The van der Waals surface area contributed by atoms with Crippen molar-refractivity contribution in [1.29, 1.82) is 0 Å². The van der Waals surface area contributed by atoms with Crippen molar-refractivity contribution in [3.05, 3.63) is 53.1 Å². The first-order chi connectivity index (χ1) is 8.25. The highest BCUT2D eigenvalue weighted by molar-refractivity contribution is 9.10. The van der Waals surface area contributed by atoms with Gasteiger partial charge in [-0.25, -0.2) is 14.4 Å². The number of benzene rings is 1. The summed E-state index contributed by atoms with van der Waals surface area (Å²) in [4.78, 5) is 8.22. The lowest BCUT2D eigenvalue weighted by Gasteiger charge is -2.01. The molecule has 0 spiro atoms. The number of hydrogen-bond donors (Lipinski definition) is 0. The van der Waals surface area contributed by atoms with Crippen LogP contribution in [0.5, 0.6) is 0 Å². The van der Waals surface area contributed by atoms with Gasteiger partial charge in [0.05, 0.1) is 5.52 Å². The predicted octanol–water partition coefficient (Wildman–Crippen LogP) is 3.32. The Morgan fingerprint density at radius 2 is 1.94 bits per heavy atom. The molecule has 3 nitrogen and oxygen atoms in total. The Hall–Kier alpha value is -1.75. The molecule has 0 bridgehead atoms. The number of nitrogens with zero attached hydrogens (tertiary/aromatic N) is 3. The fraction of sp³-hybridized carbons (Fsp3) is 0. The highest BCUT2D eigenvalue weighted by atomic mass is 79.9. The zero-order chi connectivity index (χ0) is 11.8. The summed E-state index contributed by atoms with van der Waals surface area (Å²) in [5.41, 5.74) is 0.747. The summed E-state index contributed by atoms with van der Waals surface area (Å²) in [7, 11) is 0. The summed E-state index contributed by atoms with van der Waals surface area (Å²) in [5.74, 6) is 0.178. The second-order valence-corrected chi connectivity index (χ2v) is 4.47. The van der Waals surface area contributed by atoms with E-state index in [-0.39, 0.29) is 5.82 Å². The summed E-state index contributed by atoms with van der Waals surface area (Å²) in [6.07, 6.45) is 4.66. The first-order valence-electron chi connectivity index (χ1n) is 4.99. The van der Waals surface area contributed by atoms with Crippen LogP contribution in [0.15, 0.2) is 47.3 Å². The second kappa shape index (κ2) is 3.92. The third-order valence-electron chi connectivity index (χ3n) is 2.49. The molecule has 0 fully saturated rings. The SMILES string of the molecule is Fc1cn(-c2ncccn2)c2ccc(Br)cc12. The van der Waals surface area contributed by atoms with Crippen LogP contribution in [0.25, 0.3) is 16.9 Å². The smallest absolute Gasteiger partial charge is 0.234 e. The van der Waals surface area contributed by atoms with E-state index in [4.69, 9.17) is 0 Å². The molecule has 0 amide bonds. The van der Waals surface area contributed by atoms with Gasteiger partial charge in [0.1, 0.15) is 5.82 Å². The Morgan fingerprint density at radius 1 is 1.18 bits per heavy atom. The Bertz CT molecular complexity index is 679. The Labute approximate surface area is 105 Å². The number of fused-ring (bicyclic) bond motifs is 1. The first-order valence-corrected chi connectivity index (χ1v) is 5.78. The minimum atomic E-state index is -0.284. The van der Waals surface area contributed by atoms with Crippen molar-refractivity contribution in [2.24, 2.45) is 0 Å². The van der Waals surface area contributed by atoms with E-state index in [0.717, 1.165) is 9.99 Å². The molecule has 5 heteroatoms. The summed E-state index contributed by atoms with van der Waals surface area (Å²) >= 11 is 3.32. The lowest BCUT2D eigenvalue weighted by molar-refractivity contribution is 0.635. The molecule has 17 heavy (non-hydrogen) atoms. The maximum Gasteiger partial charge on any atom is 0.234 e. The minimum Gasteiger partial charge on any atom is -0.282 e. The Balaban J connectivity index is 2.32. The lowest BCUT2D eigenvalue weighted by atomic mass is 10.2. The average Bonchev–Trinajstić information content (AvgIpc) is 2.68. The van der Waals surface area contributed by atoms with E-state index in [1.54, 1.807) is 29.1 Å². The molecule has 0 N–H and O–H groups in total. The standard InChI is InChI=1S/C12H7BrFN3/c13-8-2-3-11-9(6-8)10(14)7-17(11)12-15-4-1-5-16-12/h1-7H. The van der Waals surface area contributed by atoms with Crippen molar-refractivity contribution in [3.8, 4) is 5.95 Å². The van der Waals surface area contributed by atoms with Crippen LogP contribution in [0.2, 0.25) is 0 Å². The summed E-state index contributed by atoms with van der Waals surface area (Å²) in [5, 5.41) is 0.548. The topological polar surface area (TPSA) is 30.7 Å². The monoisotopic (exact) mass is 291 g/mol. The average molecular weight is 292 g/mol. The van der Waals surface area contributed by atoms with Gasteiger partial charge in [-0.2, -0.15) is 0 Å². The van der Waals surface area contributed by atoms with E-state index in [9.17, 15) is 4.39 Å². The molecule has 84 valence electrons. The van der Waals surface area contributed by atoms with Crippen molar-refractivity contribution in [2.75, 3.05) is 0 Å². The number of halogens is 2.